The van der Waals surface area contributed by atoms with Gasteiger partial charge in [-0.05, 0) is 37.6 Å². The van der Waals surface area contributed by atoms with Crippen LogP contribution in [0.25, 0.3) is 11.3 Å². The van der Waals surface area contributed by atoms with E-state index in [0.29, 0.717) is 25.6 Å². The zero-order chi connectivity index (χ0) is 17.5. The van der Waals surface area contributed by atoms with Crippen LogP contribution in [0.5, 0.6) is 0 Å². The maximum atomic E-state index is 11.7. The fourth-order valence-corrected chi connectivity index (χ4v) is 3.27. The van der Waals surface area contributed by atoms with Gasteiger partial charge in [0.05, 0.1) is 5.69 Å². The van der Waals surface area contributed by atoms with E-state index in [2.05, 4.69) is 31.5 Å². The number of aromatic amines is 1. The summed E-state index contributed by atoms with van der Waals surface area (Å²) in [7, 11) is 0. The molecule has 1 unspecified atom stereocenters. The first kappa shape index (κ1) is 17.6. The van der Waals surface area contributed by atoms with E-state index in [-0.39, 0.29) is 5.91 Å². The average molecular weight is 342 g/mol. The summed E-state index contributed by atoms with van der Waals surface area (Å²) in [5.74, 6) is 0.0356. The quantitative estimate of drug-likeness (QED) is 0.704. The highest BCUT2D eigenvalue weighted by Gasteiger charge is 2.23. The number of H-pyrrole nitrogens is 1. The Labute approximate surface area is 148 Å². The van der Waals surface area contributed by atoms with E-state index in [1.165, 1.54) is 12.8 Å². The molecule has 0 bridgehead atoms. The second-order valence-corrected chi connectivity index (χ2v) is 6.48. The van der Waals surface area contributed by atoms with Crippen molar-refractivity contribution in [1.82, 2.24) is 25.4 Å². The number of pyridine rings is 1. The van der Waals surface area contributed by atoms with E-state index in [0.717, 1.165) is 36.5 Å². The van der Waals surface area contributed by atoms with Gasteiger partial charge in [-0.1, -0.05) is 6.42 Å². The Morgan fingerprint density at radius 3 is 3.16 bits per heavy atom. The number of carbonyl (C=O) groups is 1. The van der Waals surface area contributed by atoms with E-state index in [1.807, 2.05) is 18.3 Å². The summed E-state index contributed by atoms with van der Waals surface area (Å²) in [6.07, 6.45) is 7.47. The highest BCUT2D eigenvalue weighted by molar-refractivity contribution is 5.76. The molecule has 1 saturated heterocycles. The minimum Gasteiger partial charge on any atom is -0.354 e. The van der Waals surface area contributed by atoms with Crippen molar-refractivity contribution in [2.24, 2.45) is 5.73 Å². The van der Waals surface area contributed by atoms with E-state index in [4.69, 9.17) is 5.73 Å². The fourth-order valence-electron chi connectivity index (χ4n) is 3.27. The number of rotatable bonds is 7. The molecule has 2 aromatic rings. The number of hydrogen-bond acceptors (Lipinski definition) is 5. The molecule has 1 fully saturated rings. The number of aromatic nitrogens is 3. The molecule has 0 radical (unpaired) electrons. The van der Waals surface area contributed by atoms with Gasteiger partial charge in [0.15, 0.2) is 0 Å². The molecule has 3 rings (SSSR count). The predicted octanol–water partition coefficient (Wildman–Crippen LogP) is 1.29. The van der Waals surface area contributed by atoms with E-state index >= 15 is 0 Å². The monoisotopic (exact) mass is 342 g/mol. The first-order chi connectivity index (χ1) is 12.3. The van der Waals surface area contributed by atoms with Gasteiger partial charge in [0.25, 0.3) is 0 Å². The maximum Gasteiger partial charge on any atom is 0.221 e. The van der Waals surface area contributed by atoms with Crippen molar-refractivity contribution in [2.45, 2.75) is 38.3 Å². The summed E-state index contributed by atoms with van der Waals surface area (Å²) in [6, 6.07) is 6.36. The fraction of sp³-hybridized carbons (Fsp3) is 0.500. The molecule has 1 atom stereocenters. The highest BCUT2D eigenvalue weighted by atomic mass is 16.1. The molecule has 2 aromatic heterocycles. The van der Waals surface area contributed by atoms with E-state index < -0.39 is 0 Å². The molecule has 0 spiro atoms. The predicted molar refractivity (Wildman–Crippen MR) is 96.5 cm³/mol. The molecule has 25 heavy (non-hydrogen) atoms. The van der Waals surface area contributed by atoms with Crippen molar-refractivity contribution < 1.29 is 4.79 Å². The SMILES string of the molecule is NCCC(=O)NCC1CCCCN1Cc1cc(-c2cccnc2)n[nH]1. The van der Waals surface area contributed by atoms with Gasteiger partial charge < -0.3 is 11.1 Å². The second-order valence-electron chi connectivity index (χ2n) is 6.48. The third-order valence-electron chi connectivity index (χ3n) is 4.62. The molecule has 0 saturated carbocycles. The zero-order valence-electron chi connectivity index (χ0n) is 14.4. The Morgan fingerprint density at radius 1 is 1.44 bits per heavy atom. The number of nitrogens with one attached hydrogen (secondary N) is 2. The normalized spacial score (nSPS) is 18.2. The summed E-state index contributed by atoms with van der Waals surface area (Å²) in [6.45, 7) is 2.93. The summed E-state index contributed by atoms with van der Waals surface area (Å²) in [4.78, 5) is 18.2. The minimum atomic E-state index is 0.0356. The third kappa shape index (κ3) is 4.87. The van der Waals surface area contributed by atoms with E-state index in [1.54, 1.807) is 6.20 Å². The first-order valence-electron chi connectivity index (χ1n) is 8.92. The van der Waals surface area contributed by atoms with Crippen LogP contribution in [0.2, 0.25) is 0 Å². The topological polar surface area (TPSA) is 99.9 Å². The Morgan fingerprint density at radius 2 is 2.36 bits per heavy atom. The van der Waals surface area contributed by atoms with Gasteiger partial charge in [0.2, 0.25) is 5.91 Å². The van der Waals surface area contributed by atoms with Gasteiger partial charge in [-0.2, -0.15) is 5.10 Å². The van der Waals surface area contributed by atoms with Crippen molar-refractivity contribution in [3.63, 3.8) is 0 Å². The van der Waals surface area contributed by atoms with Crippen LogP contribution in [0.3, 0.4) is 0 Å². The number of likely N-dealkylation sites (tertiary alicyclic amines) is 1. The standard InChI is InChI=1S/C18H26N6O/c19-7-6-18(25)21-12-16-5-1-2-9-24(16)13-15-10-17(23-22-15)14-4-3-8-20-11-14/h3-4,8,10-11,16H,1-2,5-7,9,12-13,19H2,(H,21,25)(H,22,23). The molecule has 7 heteroatoms. The van der Waals surface area contributed by atoms with Crippen molar-refractivity contribution in [2.75, 3.05) is 19.6 Å². The largest absolute Gasteiger partial charge is 0.354 e. The lowest BCUT2D eigenvalue weighted by molar-refractivity contribution is -0.121. The third-order valence-corrected chi connectivity index (χ3v) is 4.62. The molecule has 3 heterocycles. The highest BCUT2D eigenvalue weighted by Crippen LogP contribution is 2.21. The Hall–Kier alpha value is -2.25. The molecule has 1 aliphatic heterocycles. The van der Waals surface area contributed by atoms with Crippen LogP contribution in [0, 0.1) is 0 Å². The summed E-state index contributed by atoms with van der Waals surface area (Å²) >= 11 is 0. The first-order valence-corrected chi connectivity index (χ1v) is 8.92. The smallest absolute Gasteiger partial charge is 0.221 e. The van der Waals surface area contributed by atoms with Gasteiger partial charge in [-0.15, -0.1) is 0 Å². The van der Waals surface area contributed by atoms with Crippen molar-refractivity contribution in [3.8, 4) is 11.3 Å². The molecule has 1 amide bonds. The lowest BCUT2D eigenvalue weighted by Gasteiger charge is -2.35. The van der Waals surface area contributed by atoms with Gasteiger partial charge in [-0.25, -0.2) is 0 Å². The zero-order valence-corrected chi connectivity index (χ0v) is 14.4. The Bertz CT molecular complexity index is 671. The van der Waals surface area contributed by atoms with Crippen LogP contribution < -0.4 is 11.1 Å². The minimum absolute atomic E-state index is 0.0356. The van der Waals surface area contributed by atoms with Crippen molar-refractivity contribution >= 4 is 5.91 Å². The number of nitrogens with two attached hydrogens (primary N) is 1. The van der Waals surface area contributed by atoms with Crippen LogP contribution in [-0.4, -0.2) is 51.7 Å². The number of hydrogen-bond donors (Lipinski definition) is 3. The van der Waals surface area contributed by atoms with Crippen molar-refractivity contribution in [1.29, 1.82) is 0 Å². The van der Waals surface area contributed by atoms with Crippen molar-refractivity contribution in [3.05, 3.63) is 36.3 Å². The molecule has 1 aliphatic rings. The van der Waals surface area contributed by atoms with Gasteiger partial charge in [0.1, 0.15) is 0 Å². The summed E-state index contributed by atoms with van der Waals surface area (Å²) in [5, 5.41) is 10.5. The molecule has 0 aromatic carbocycles. The maximum absolute atomic E-state index is 11.7. The van der Waals surface area contributed by atoms with E-state index in [9.17, 15) is 4.79 Å². The molecular formula is C18H26N6O. The lowest BCUT2D eigenvalue weighted by Crippen LogP contribution is -2.46. The molecule has 0 aliphatic carbocycles. The number of piperidine rings is 1. The van der Waals surface area contributed by atoms with Crippen LogP contribution >= 0.6 is 0 Å². The molecular weight excluding hydrogens is 316 g/mol. The summed E-state index contributed by atoms with van der Waals surface area (Å²) < 4.78 is 0. The molecule has 134 valence electrons. The lowest BCUT2D eigenvalue weighted by atomic mass is 10.0. The number of carbonyl (C=O) groups excluding carboxylic acids is 1. The second kappa shape index (κ2) is 8.73. The number of nitrogens with zero attached hydrogens (tertiary/aromatic N) is 3. The van der Waals surface area contributed by atoms with Gasteiger partial charge in [0, 0.05) is 55.7 Å². The van der Waals surface area contributed by atoms with Crippen LogP contribution in [0.1, 0.15) is 31.4 Å². The van der Waals surface area contributed by atoms with Crippen LogP contribution in [0.15, 0.2) is 30.6 Å². The number of amides is 1. The van der Waals surface area contributed by atoms with Crippen LogP contribution in [0.4, 0.5) is 0 Å². The molecule has 4 N–H and O–H groups in total. The Kier molecular flexibility index (Phi) is 6.14. The van der Waals surface area contributed by atoms with Gasteiger partial charge in [-0.3, -0.25) is 19.8 Å². The average Bonchev–Trinajstić information content (AvgIpc) is 3.11. The van der Waals surface area contributed by atoms with Gasteiger partial charge >= 0.3 is 0 Å². The Balaban J connectivity index is 1.60. The molecule has 7 nitrogen and oxygen atoms in total. The van der Waals surface area contributed by atoms with Crippen LogP contribution in [-0.2, 0) is 11.3 Å². The summed E-state index contributed by atoms with van der Waals surface area (Å²) in [5.41, 5.74) is 8.43.